The molecule has 1 aliphatic heterocycles. The van der Waals surface area contributed by atoms with E-state index in [1.54, 1.807) is 0 Å². The Hall–Kier alpha value is -0.427. The zero-order valence-electron chi connectivity index (χ0n) is 8.90. The fraction of sp³-hybridized carbons (Fsp3) is 0. The van der Waals surface area contributed by atoms with Gasteiger partial charge in [-0.15, -0.1) is 0 Å². The van der Waals surface area contributed by atoms with Crippen LogP contribution in [0.25, 0.3) is 0 Å². The van der Waals surface area contributed by atoms with Gasteiger partial charge in [0, 0.05) is 11.1 Å². The number of allylic oxidation sites excluding steroid dienone is 4. The van der Waals surface area contributed by atoms with Crippen LogP contribution in [0.5, 0.6) is 0 Å². The topological polar surface area (TPSA) is 12.4 Å². The van der Waals surface area contributed by atoms with Gasteiger partial charge in [-0.1, -0.05) is 42.5 Å². The number of fused-ring (bicyclic) bond motifs is 1. The Morgan fingerprint density at radius 2 is 1.65 bits per heavy atom. The van der Waals surface area contributed by atoms with Crippen molar-refractivity contribution in [1.29, 1.82) is 0 Å². The molecule has 0 spiro atoms. The number of aliphatic imine (C=N–C) groups is 1. The molecule has 84 valence electrons. The third kappa shape index (κ3) is 3.28. The monoisotopic (exact) mass is 339 g/mol. The zero-order chi connectivity index (χ0) is 9.38. The molecule has 0 bridgehead atoms. The normalized spacial score (nSPS) is 14.5. The van der Waals surface area contributed by atoms with Crippen LogP contribution < -0.4 is 24.8 Å². The van der Waals surface area contributed by atoms with E-state index in [1.165, 1.54) is 11.1 Å². The van der Waals surface area contributed by atoms with Crippen molar-refractivity contribution in [3.8, 4) is 0 Å². The Bertz CT molecular complexity index is 501. The van der Waals surface area contributed by atoms with E-state index >= 15 is 0 Å². The second-order valence-electron chi connectivity index (χ2n) is 3.37. The molecule has 0 amide bonds. The fourth-order valence-electron chi connectivity index (χ4n) is 1.71. The summed E-state index contributed by atoms with van der Waals surface area (Å²) in [6.45, 7) is 0. The van der Waals surface area contributed by atoms with Crippen LogP contribution >= 0.6 is 0 Å². The first kappa shape index (κ1) is 16.6. The molecule has 0 radical (unpaired) electrons. The van der Waals surface area contributed by atoms with E-state index in [2.05, 4.69) is 29.3 Å². The fourth-order valence-corrected chi connectivity index (χ4v) is 1.71. The van der Waals surface area contributed by atoms with Gasteiger partial charge >= 0.3 is 26.2 Å². The minimum absolute atomic E-state index is 0. The first-order valence-corrected chi connectivity index (χ1v) is 4.68. The van der Waals surface area contributed by atoms with Gasteiger partial charge < -0.3 is 24.8 Å². The average Bonchev–Trinajstić information content (AvgIpc) is 2.78. The summed E-state index contributed by atoms with van der Waals surface area (Å²) in [4.78, 5) is 4.54. The van der Waals surface area contributed by atoms with Gasteiger partial charge in [0.1, 0.15) is 0 Å². The number of halogens is 2. The summed E-state index contributed by atoms with van der Waals surface area (Å²) >= 11 is 0. The SMILES string of the molecule is C1=CC2=CC(c3ccccc3)=NC2=C1.[Cl-].[Cl-].[Zr+2]. The quantitative estimate of drug-likeness (QED) is 0.513. The van der Waals surface area contributed by atoms with E-state index < -0.39 is 0 Å². The number of nitrogens with zero attached hydrogens (tertiary/aromatic N) is 1. The van der Waals surface area contributed by atoms with Crippen LogP contribution in [-0.2, 0) is 26.2 Å². The van der Waals surface area contributed by atoms with Crippen molar-refractivity contribution >= 4 is 5.71 Å². The van der Waals surface area contributed by atoms with Crippen molar-refractivity contribution in [3.05, 3.63) is 71.5 Å². The number of benzene rings is 1. The number of rotatable bonds is 1. The Balaban J connectivity index is 0.000000853. The molecule has 0 saturated heterocycles. The molecule has 0 N–H and O–H groups in total. The van der Waals surface area contributed by atoms with Crippen LogP contribution in [0.3, 0.4) is 0 Å². The van der Waals surface area contributed by atoms with Crippen LogP contribution in [0.4, 0.5) is 0 Å². The summed E-state index contributed by atoms with van der Waals surface area (Å²) in [5.74, 6) is 0. The standard InChI is InChI=1S/C13H9N.2ClH.Zr/c1-2-5-10(6-3-1)13-9-11-7-4-8-12(11)14-13;;;/h1-9H;2*1H;/q;;;+2/p-2. The predicted octanol–water partition coefficient (Wildman–Crippen LogP) is -3.13. The van der Waals surface area contributed by atoms with Gasteiger partial charge in [-0.25, -0.2) is 4.99 Å². The minimum Gasteiger partial charge on any atom is -1.00 e. The molecule has 1 heterocycles. The Kier molecular flexibility index (Phi) is 6.93. The summed E-state index contributed by atoms with van der Waals surface area (Å²) < 4.78 is 0. The molecular weight excluding hydrogens is 332 g/mol. The third-order valence-corrected chi connectivity index (χ3v) is 2.43. The Labute approximate surface area is 132 Å². The van der Waals surface area contributed by atoms with Crippen molar-refractivity contribution in [1.82, 2.24) is 0 Å². The largest absolute Gasteiger partial charge is 2.00 e. The number of hydrogen-bond acceptors (Lipinski definition) is 1. The molecule has 2 aliphatic rings. The van der Waals surface area contributed by atoms with Gasteiger partial charge in [-0.05, 0) is 12.2 Å². The van der Waals surface area contributed by atoms with Crippen molar-refractivity contribution in [2.75, 3.05) is 0 Å². The Morgan fingerprint density at radius 1 is 0.941 bits per heavy atom. The molecule has 17 heavy (non-hydrogen) atoms. The van der Waals surface area contributed by atoms with Gasteiger partial charge in [-0.2, -0.15) is 0 Å². The summed E-state index contributed by atoms with van der Waals surface area (Å²) in [7, 11) is 0. The maximum absolute atomic E-state index is 4.54. The maximum atomic E-state index is 4.54. The van der Waals surface area contributed by atoms with Gasteiger partial charge in [0.15, 0.2) is 0 Å². The first-order valence-electron chi connectivity index (χ1n) is 4.68. The van der Waals surface area contributed by atoms with Crippen LogP contribution in [0.1, 0.15) is 5.56 Å². The molecule has 0 atom stereocenters. The van der Waals surface area contributed by atoms with Gasteiger partial charge in [0.05, 0.1) is 11.4 Å². The summed E-state index contributed by atoms with van der Waals surface area (Å²) in [5.41, 5.74) is 4.56. The Morgan fingerprint density at radius 3 is 2.29 bits per heavy atom. The predicted molar refractivity (Wildman–Crippen MR) is 58.3 cm³/mol. The molecule has 1 aliphatic carbocycles. The van der Waals surface area contributed by atoms with Crippen LogP contribution in [0.15, 0.2) is 70.9 Å². The summed E-state index contributed by atoms with van der Waals surface area (Å²) in [6.07, 6.45) is 8.30. The zero-order valence-corrected chi connectivity index (χ0v) is 12.9. The summed E-state index contributed by atoms with van der Waals surface area (Å²) in [5, 5.41) is 0. The van der Waals surface area contributed by atoms with E-state index in [1.807, 2.05) is 30.4 Å². The van der Waals surface area contributed by atoms with Crippen molar-refractivity contribution < 1.29 is 51.0 Å². The molecule has 1 aromatic rings. The van der Waals surface area contributed by atoms with E-state index in [0.29, 0.717) is 0 Å². The maximum Gasteiger partial charge on any atom is 2.00 e. The van der Waals surface area contributed by atoms with Crippen molar-refractivity contribution in [2.24, 2.45) is 4.99 Å². The second-order valence-corrected chi connectivity index (χ2v) is 3.37. The second kappa shape index (κ2) is 7.11. The molecule has 1 aromatic carbocycles. The molecule has 3 rings (SSSR count). The van der Waals surface area contributed by atoms with Crippen LogP contribution in [-0.4, -0.2) is 5.71 Å². The molecule has 0 saturated carbocycles. The average molecular weight is 341 g/mol. The van der Waals surface area contributed by atoms with E-state index in [4.69, 9.17) is 0 Å². The van der Waals surface area contributed by atoms with Crippen LogP contribution in [0, 0.1) is 0 Å². The minimum atomic E-state index is 0. The van der Waals surface area contributed by atoms with E-state index in [-0.39, 0.29) is 51.0 Å². The van der Waals surface area contributed by atoms with Crippen molar-refractivity contribution in [3.63, 3.8) is 0 Å². The van der Waals surface area contributed by atoms with Gasteiger partial charge in [0.25, 0.3) is 0 Å². The molecule has 0 fully saturated rings. The smallest absolute Gasteiger partial charge is 1.00 e. The molecular formula is C13H9Cl2NZr. The summed E-state index contributed by atoms with van der Waals surface area (Å²) in [6, 6.07) is 10.3. The van der Waals surface area contributed by atoms with E-state index in [9.17, 15) is 0 Å². The molecule has 0 unspecified atom stereocenters. The van der Waals surface area contributed by atoms with E-state index in [0.717, 1.165) is 11.4 Å². The van der Waals surface area contributed by atoms with Crippen molar-refractivity contribution in [2.45, 2.75) is 0 Å². The molecule has 0 aromatic heterocycles. The van der Waals surface area contributed by atoms with Gasteiger partial charge in [0.2, 0.25) is 0 Å². The first-order chi connectivity index (χ1) is 6.93. The van der Waals surface area contributed by atoms with Gasteiger partial charge in [-0.3, -0.25) is 0 Å². The number of hydrogen-bond donors (Lipinski definition) is 0. The molecule has 1 nitrogen and oxygen atoms in total. The van der Waals surface area contributed by atoms with Crippen LogP contribution in [0.2, 0.25) is 0 Å². The molecule has 4 heteroatoms. The third-order valence-electron chi connectivity index (χ3n) is 2.43.